The van der Waals surface area contributed by atoms with E-state index >= 15 is 0 Å². The molecule has 0 bridgehead atoms. The van der Waals surface area contributed by atoms with Gasteiger partial charge in [-0.25, -0.2) is 0 Å². The van der Waals surface area contributed by atoms with Crippen molar-refractivity contribution in [2.45, 2.75) is 37.0 Å². The van der Waals surface area contributed by atoms with Crippen molar-refractivity contribution in [3.8, 4) is 0 Å². The first-order chi connectivity index (χ1) is 8.75. The van der Waals surface area contributed by atoms with E-state index in [0.717, 1.165) is 27.8 Å². The Morgan fingerprint density at radius 3 is 2.72 bits per heavy atom. The molecule has 1 aliphatic rings. The summed E-state index contributed by atoms with van der Waals surface area (Å²) in [4.78, 5) is 13.2. The number of hydrogen-bond acceptors (Lipinski definition) is 2. The molecule has 96 valence electrons. The Bertz CT molecular complexity index is 436. The van der Waals surface area contributed by atoms with Crippen LogP contribution in [0.5, 0.6) is 0 Å². The fourth-order valence-electron chi connectivity index (χ4n) is 2.04. The number of carbonyl (C=O) groups is 1. The SMILES string of the molecule is O=C(CSc1ccc(Br)cc1)C1=CCCCCC1. The molecule has 0 aromatic heterocycles. The third-order valence-corrected chi connectivity index (χ3v) is 4.62. The summed E-state index contributed by atoms with van der Waals surface area (Å²) in [6.07, 6.45) is 7.85. The van der Waals surface area contributed by atoms with Crippen molar-refractivity contribution in [1.82, 2.24) is 0 Å². The molecule has 0 spiro atoms. The number of hydrogen-bond donors (Lipinski definition) is 0. The summed E-state index contributed by atoms with van der Waals surface area (Å²) < 4.78 is 1.07. The van der Waals surface area contributed by atoms with Gasteiger partial charge in [-0.15, -0.1) is 11.8 Å². The molecule has 18 heavy (non-hydrogen) atoms. The monoisotopic (exact) mass is 324 g/mol. The van der Waals surface area contributed by atoms with Crippen LogP contribution < -0.4 is 0 Å². The number of rotatable bonds is 4. The number of carbonyl (C=O) groups excluding carboxylic acids is 1. The van der Waals surface area contributed by atoms with Gasteiger partial charge in [-0.2, -0.15) is 0 Å². The van der Waals surface area contributed by atoms with Gasteiger partial charge in [-0.05, 0) is 55.5 Å². The van der Waals surface area contributed by atoms with Crippen molar-refractivity contribution in [2.24, 2.45) is 0 Å². The summed E-state index contributed by atoms with van der Waals surface area (Å²) >= 11 is 5.04. The summed E-state index contributed by atoms with van der Waals surface area (Å²) in [7, 11) is 0. The third kappa shape index (κ3) is 4.29. The molecule has 1 aliphatic carbocycles. The van der Waals surface area contributed by atoms with Gasteiger partial charge in [0.05, 0.1) is 5.75 Å². The Balaban J connectivity index is 1.87. The van der Waals surface area contributed by atoms with Crippen LogP contribution in [-0.2, 0) is 4.79 Å². The number of Topliss-reactive ketones (excluding diaryl/α,β-unsaturated/α-hetero) is 1. The van der Waals surface area contributed by atoms with E-state index in [4.69, 9.17) is 0 Å². The highest BCUT2D eigenvalue weighted by atomic mass is 79.9. The predicted molar refractivity (Wildman–Crippen MR) is 81.0 cm³/mol. The van der Waals surface area contributed by atoms with E-state index in [1.165, 1.54) is 19.3 Å². The summed E-state index contributed by atoms with van der Waals surface area (Å²) in [6, 6.07) is 8.11. The number of ketones is 1. The van der Waals surface area contributed by atoms with E-state index in [1.807, 2.05) is 24.3 Å². The smallest absolute Gasteiger partial charge is 0.168 e. The molecule has 1 nitrogen and oxygen atoms in total. The number of thioether (sulfide) groups is 1. The second-order valence-electron chi connectivity index (χ2n) is 4.49. The van der Waals surface area contributed by atoms with Crippen molar-refractivity contribution >= 4 is 33.5 Å². The maximum absolute atomic E-state index is 12.1. The van der Waals surface area contributed by atoms with Crippen LogP contribution in [0.15, 0.2) is 45.3 Å². The van der Waals surface area contributed by atoms with Gasteiger partial charge in [-0.3, -0.25) is 4.79 Å². The molecule has 0 radical (unpaired) electrons. The first-order valence-corrected chi connectivity index (χ1v) is 8.14. The third-order valence-electron chi connectivity index (χ3n) is 3.08. The lowest BCUT2D eigenvalue weighted by molar-refractivity contribution is -0.113. The van der Waals surface area contributed by atoms with E-state index in [-0.39, 0.29) is 0 Å². The molecule has 0 saturated heterocycles. The van der Waals surface area contributed by atoms with Crippen molar-refractivity contribution < 1.29 is 4.79 Å². The molecule has 0 aliphatic heterocycles. The second-order valence-corrected chi connectivity index (χ2v) is 6.46. The lowest BCUT2D eigenvalue weighted by atomic mass is 10.1. The molecule has 0 N–H and O–H groups in total. The largest absolute Gasteiger partial charge is 0.294 e. The van der Waals surface area contributed by atoms with Crippen LogP contribution in [0.3, 0.4) is 0 Å². The highest BCUT2D eigenvalue weighted by molar-refractivity contribution is 9.10. The summed E-state index contributed by atoms with van der Waals surface area (Å²) in [6.45, 7) is 0. The molecule has 0 fully saturated rings. The molecule has 3 heteroatoms. The molecular weight excluding hydrogens is 308 g/mol. The van der Waals surface area contributed by atoms with Gasteiger partial charge >= 0.3 is 0 Å². The minimum absolute atomic E-state index is 0.310. The van der Waals surface area contributed by atoms with Gasteiger partial charge in [0.1, 0.15) is 0 Å². The normalized spacial score (nSPS) is 15.9. The van der Waals surface area contributed by atoms with Crippen LogP contribution in [0.25, 0.3) is 0 Å². The van der Waals surface area contributed by atoms with Crippen molar-refractivity contribution in [3.63, 3.8) is 0 Å². The van der Waals surface area contributed by atoms with Crippen molar-refractivity contribution in [2.75, 3.05) is 5.75 Å². The van der Waals surface area contributed by atoms with Crippen LogP contribution in [0, 0.1) is 0 Å². The molecule has 1 aromatic carbocycles. The molecule has 2 rings (SSSR count). The zero-order valence-corrected chi connectivity index (χ0v) is 12.7. The standard InChI is InChI=1S/C15H17BrOS/c16-13-7-9-14(10-8-13)18-11-15(17)12-5-3-1-2-4-6-12/h5,7-10H,1-4,6,11H2. The maximum atomic E-state index is 12.1. The second kappa shape index (κ2) is 7.15. The molecule has 0 atom stereocenters. The van der Waals surface area contributed by atoms with Crippen LogP contribution >= 0.6 is 27.7 Å². The highest BCUT2D eigenvalue weighted by Crippen LogP contribution is 2.24. The minimum Gasteiger partial charge on any atom is -0.294 e. The van der Waals surface area contributed by atoms with Crippen LogP contribution in [0.2, 0.25) is 0 Å². The first kappa shape index (κ1) is 13.9. The Morgan fingerprint density at radius 2 is 1.94 bits per heavy atom. The van der Waals surface area contributed by atoms with E-state index in [9.17, 15) is 4.79 Å². The minimum atomic E-state index is 0.310. The van der Waals surface area contributed by atoms with E-state index in [0.29, 0.717) is 11.5 Å². The summed E-state index contributed by atoms with van der Waals surface area (Å²) in [5, 5.41) is 0. The highest BCUT2D eigenvalue weighted by Gasteiger charge is 2.11. The Kier molecular flexibility index (Phi) is 5.51. The van der Waals surface area contributed by atoms with Gasteiger partial charge < -0.3 is 0 Å². The Hall–Kier alpha value is -0.540. The van der Waals surface area contributed by atoms with Gasteiger partial charge in [-0.1, -0.05) is 28.4 Å². The van der Waals surface area contributed by atoms with E-state index in [2.05, 4.69) is 22.0 Å². The van der Waals surface area contributed by atoms with Crippen LogP contribution in [0.4, 0.5) is 0 Å². The van der Waals surface area contributed by atoms with Gasteiger partial charge in [0.25, 0.3) is 0 Å². The summed E-state index contributed by atoms with van der Waals surface area (Å²) in [5.41, 5.74) is 1.05. The Morgan fingerprint density at radius 1 is 1.17 bits per heavy atom. The van der Waals surface area contributed by atoms with Crippen molar-refractivity contribution in [3.05, 3.63) is 40.4 Å². The quantitative estimate of drug-likeness (QED) is 0.725. The van der Waals surface area contributed by atoms with Gasteiger partial charge in [0, 0.05) is 9.37 Å². The molecule has 0 unspecified atom stereocenters. The Labute approximate surface area is 121 Å². The molecule has 0 saturated carbocycles. The molecular formula is C15H17BrOS. The van der Waals surface area contributed by atoms with Crippen LogP contribution in [0.1, 0.15) is 32.1 Å². The topological polar surface area (TPSA) is 17.1 Å². The van der Waals surface area contributed by atoms with E-state index in [1.54, 1.807) is 11.8 Å². The maximum Gasteiger partial charge on any atom is 0.168 e. The molecule has 1 aromatic rings. The van der Waals surface area contributed by atoms with Crippen molar-refractivity contribution in [1.29, 1.82) is 0 Å². The number of halogens is 1. The lowest BCUT2D eigenvalue weighted by Crippen LogP contribution is -2.05. The fraction of sp³-hybridized carbons (Fsp3) is 0.400. The zero-order chi connectivity index (χ0) is 12.8. The number of allylic oxidation sites excluding steroid dienone is 2. The number of benzene rings is 1. The zero-order valence-electron chi connectivity index (χ0n) is 10.3. The average molecular weight is 325 g/mol. The predicted octanol–water partition coefficient (Wildman–Crippen LogP) is 5.00. The fourth-order valence-corrected chi connectivity index (χ4v) is 3.12. The van der Waals surface area contributed by atoms with E-state index < -0.39 is 0 Å². The lowest BCUT2D eigenvalue weighted by Gasteiger charge is -2.04. The van der Waals surface area contributed by atoms with Gasteiger partial charge in [0.15, 0.2) is 5.78 Å². The summed E-state index contributed by atoms with van der Waals surface area (Å²) in [5.74, 6) is 0.873. The average Bonchev–Trinajstić information content (AvgIpc) is 2.66. The molecule has 0 heterocycles. The van der Waals surface area contributed by atoms with Crippen LogP contribution in [-0.4, -0.2) is 11.5 Å². The van der Waals surface area contributed by atoms with Gasteiger partial charge in [0.2, 0.25) is 0 Å². The first-order valence-electron chi connectivity index (χ1n) is 6.36. The molecule has 0 amide bonds.